The molecule has 0 unspecified atom stereocenters. The lowest BCUT2D eigenvalue weighted by atomic mass is 10.2. The highest BCUT2D eigenvalue weighted by Gasteiger charge is 2.19. The van der Waals surface area contributed by atoms with Gasteiger partial charge in [-0.15, -0.1) is 0 Å². The molecule has 6 heteroatoms. The number of halogens is 1. The van der Waals surface area contributed by atoms with Crippen molar-refractivity contribution < 1.29 is 9.18 Å². The molecular formula is C23H27FN4O. The third-order valence-electron chi connectivity index (χ3n) is 4.89. The van der Waals surface area contributed by atoms with Crippen LogP contribution in [0.25, 0.3) is 5.69 Å². The number of aromatic nitrogens is 2. The van der Waals surface area contributed by atoms with E-state index in [0.29, 0.717) is 17.8 Å². The lowest BCUT2D eigenvalue weighted by molar-refractivity contribution is 0.0950. The molecule has 0 radical (unpaired) electrons. The monoisotopic (exact) mass is 394 g/mol. The Morgan fingerprint density at radius 3 is 2.48 bits per heavy atom. The molecule has 1 N–H and O–H groups in total. The summed E-state index contributed by atoms with van der Waals surface area (Å²) in [5, 5.41) is 7.45. The normalized spacial score (nSPS) is 11.1. The van der Waals surface area contributed by atoms with Crippen molar-refractivity contribution in [1.82, 2.24) is 20.0 Å². The molecule has 29 heavy (non-hydrogen) atoms. The summed E-state index contributed by atoms with van der Waals surface area (Å²) in [6.07, 6.45) is 0.860. The minimum atomic E-state index is -0.300. The molecule has 0 atom stereocenters. The second-order valence-electron chi connectivity index (χ2n) is 7.27. The average Bonchev–Trinajstić information content (AvgIpc) is 3.00. The third kappa shape index (κ3) is 5.29. The fourth-order valence-electron chi connectivity index (χ4n) is 3.42. The van der Waals surface area contributed by atoms with E-state index in [9.17, 15) is 9.18 Å². The average molecular weight is 394 g/mol. The van der Waals surface area contributed by atoms with Gasteiger partial charge in [-0.2, -0.15) is 5.10 Å². The Labute approximate surface area is 171 Å². The number of amides is 1. The predicted molar refractivity (Wildman–Crippen MR) is 113 cm³/mol. The van der Waals surface area contributed by atoms with E-state index in [2.05, 4.69) is 34.5 Å². The Hall–Kier alpha value is -2.99. The number of rotatable bonds is 8. The molecule has 0 aliphatic carbocycles. The topological polar surface area (TPSA) is 50.2 Å². The van der Waals surface area contributed by atoms with E-state index < -0.39 is 0 Å². The van der Waals surface area contributed by atoms with Crippen molar-refractivity contribution in [1.29, 1.82) is 0 Å². The van der Waals surface area contributed by atoms with Gasteiger partial charge in [0.25, 0.3) is 5.91 Å². The van der Waals surface area contributed by atoms with Crippen LogP contribution in [0.4, 0.5) is 4.39 Å². The zero-order chi connectivity index (χ0) is 20.8. The standard InChI is InChI=1S/C23H27FN4O/c1-17-22(18(2)28(26-17)21-12-10-20(24)11-13-21)23(29)25-14-7-15-27(3)16-19-8-5-4-6-9-19/h4-6,8-13H,7,14-16H2,1-3H3,(H,25,29). The molecular weight excluding hydrogens is 367 g/mol. The summed E-state index contributed by atoms with van der Waals surface area (Å²) in [5.41, 5.74) is 3.98. The van der Waals surface area contributed by atoms with Crippen molar-refractivity contribution in [3.63, 3.8) is 0 Å². The summed E-state index contributed by atoms with van der Waals surface area (Å²) < 4.78 is 14.8. The zero-order valence-electron chi connectivity index (χ0n) is 17.2. The number of hydrogen-bond acceptors (Lipinski definition) is 3. The summed E-state index contributed by atoms with van der Waals surface area (Å²) in [6.45, 7) is 6.04. The van der Waals surface area contributed by atoms with Crippen LogP contribution >= 0.6 is 0 Å². The van der Waals surface area contributed by atoms with E-state index in [1.54, 1.807) is 16.8 Å². The second-order valence-corrected chi connectivity index (χ2v) is 7.27. The van der Waals surface area contributed by atoms with Gasteiger partial charge in [-0.25, -0.2) is 9.07 Å². The molecule has 5 nitrogen and oxygen atoms in total. The van der Waals surface area contributed by atoms with Gasteiger partial charge in [0.1, 0.15) is 5.82 Å². The number of hydrogen-bond donors (Lipinski definition) is 1. The first-order valence-electron chi connectivity index (χ1n) is 9.78. The van der Waals surface area contributed by atoms with Crippen LogP contribution in [0.3, 0.4) is 0 Å². The number of nitrogens with one attached hydrogen (secondary N) is 1. The fraction of sp³-hybridized carbons (Fsp3) is 0.304. The predicted octanol–water partition coefficient (Wildman–Crippen LogP) is 3.88. The molecule has 2 aromatic carbocycles. The minimum Gasteiger partial charge on any atom is -0.352 e. The quantitative estimate of drug-likeness (QED) is 0.590. The third-order valence-corrected chi connectivity index (χ3v) is 4.89. The number of carbonyl (C=O) groups is 1. The molecule has 1 amide bonds. The first-order chi connectivity index (χ1) is 14.0. The summed E-state index contributed by atoms with van der Waals surface area (Å²) in [7, 11) is 2.08. The van der Waals surface area contributed by atoms with Crippen molar-refractivity contribution in [2.45, 2.75) is 26.8 Å². The lowest BCUT2D eigenvalue weighted by Crippen LogP contribution is -2.28. The smallest absolute Gasteiger partial charge is 0.255 e. The van der Waals surface area contributed by atoms with Crippen molar-refractivity contribution >= 4 is 5.91 Å². The van der Waals surface area contributed by atoms with Crippen LogP contribution in [-0.4, -0.2) is 40.7 Å². The SMILES string of the molecule is Cc1nn(-c2ccc(F)cc2)c(C)c1C(=O)NCCCN(C)Cc1ccccc1. The van der Waals surface area contributed by atoms with Gasteiger partial charge in [-0.05, 0) is 63.7 Å². The molecule has 0 aliphatic rings. The Bertz CT molecular complexity index is 951. The Balaban J connectivity index is 1.54. The molecule has 3 rings (SSSR count). The summed E-state index contributed by atoms with van der Waals surface area (Å²) in [6, 6.07) is 16.4. The van der Waals surface area contributed by atoms with Gasteiger partial charge in [0.05, 0.1) is 22.6 Å². The lowest BCUT2D eigenvalue weighted by Gasteiger charge is -2.16. The van der Waals surface area contributed by atoms with Gasteiger partial charge in [0, 0.05) is 13.1 Å². The van der Waals surface area contributed by atoms with Crippen LogP contribution < -0.4 is 5.32 Å². The van der Waals surface area contributed by atoms with Gasteiger partial charge < -0.3 is 10.2 Å². The van der Waals surface area contributed by atoms with E-state index in [4.69, 9.17) is 0 Å². The van der Waals surface area contributed by atoms with Crippen molar-refractivity contribution in [2.24, 2.45) is 0 Å². The maximum absolute atomic E-state index is 13.2. The van der Waals surface area contributed by atoms with Crippen LogP contribution in [-0.2, 0) is 6.54 Å². The number of aryl methyl sites for hydroxylation is 1. The van der Waals surface area contributed by atoms with E-state index in [-0.39, 0.29) is 11.7 Å². The van der Waals surface area contributed by atoms with Gasteiger partial charge in [0.15, 0.2) is 0 Å². The summed E-state index contributed by atoms with van der Waals surface area (Å²) in [5.74, 6) is -0.426. The molecule has 0 spiro atoms. The number of nitrogens with zero attached hydrogens (tertiary/aromatic N) is 3. The summed E-state index contributed by atoms with van der Waals surface area (Å²) >= 11 is 0. The Morgan fingerprint density at radius 2 is 1.79 bits per heavy atom. The molecule has 1 aromatic heterocycles. The van der Waals surface area contributed by atoms with Gasteiger partial charge in [-0.3, -0.25) is 4.79 Å². The van der Waals surface area contributed by atoms with Crippen molar-refractivity contribution in [3.8, 4) is 5.69 Å². The fourth-order valence-corrected chi connectivity index (χ4v) is 3.42. The molecule has 0 fully saturated rings. The maximum atomic E-state index is 13.2. The van der Waals surface area contributed by atoms with Crippen LogP contribution in [0.2, 0.25) is 0 Å². The minimum absolute atomic E-state index is 0.126. The van der Waals surface area contributed by atoms with E-state index in [1.807, 2.05) is 32.0 Å². The summed E-state index contributed by atoms with van der Waals surface area (Å²) in [4.78, 5) is 14.9. The first kappa shape index (κ1) is 20.7. The van der Waals surface area contributed by atoms with Crippen molar-refractivity contribution in [2.75, 3.05) is 20.1 Å². The molecule has 0 bridgehead atoms. The maximum Gasteiger partial charge on any atom is 0.255 e. The van der Waals surface area contributed by atoms with Crippen LogP contribution in [0.5, 0.6) is 0 Å². The van der Waals surface area contributed by atoms with Gasteiger partial charge in [0.2, 0.25) is 0 Å². The van der Waals surface area contributed by atoms with Gasteiger partial charge >= 0.3 is 0 Å². The Kier molecular flexibility index (Phi) is 6.77. The van der Waals surface area contributed by atoms with Crippen LogP contribution in [0.15, 0.2) is 54.6 Å². The molecule has 0 saturated heterocycles. The molecule has 152 valence electrons. The molecule has 0 saturated carbocycles. The van der Waals surface area contributed by atoms with Crippen molar-refractivity contribution in [3.05, 3.63) is 82.9 Å². The highest BCUT2D eigenvalue weighted by atomic mass is 19.1. The number of benzene rings is 2. The first-order valence-corrected chi connectivity index (χ1v) is 9.78. The highest BCUT2D eigenvalue weighted by molar-refractivity contribution is 5.96. The second kappa shape index (κ2) is 9.47. The van der Waals surface area contributed by atoms with E-state index in [0.717, 1.165) is 30.9 Å². The molecule has 3 aromatic rings. The molecule has 1 heterocycles. The van der Waals surface area contributed by atoms with Crippen LogP contribution in [0, 0.1) is 19.7 Å². The van der Waals surface area contributed by atoms with E-state index in [1.165, 1.54) is 17.7 Å². The van der Waals surface area contributed by atoms with Crippen LogP contribution in [0.1, 0.15) is 33.7 Å². The van der Waals surface area contributed by atoms with Gasteiger partial charge in [-0.1, -0.05) is 30.3 Å². The largest absolute Gasteiger partial charge is 0.352 e. The number of carbonyl (C=O) groups excluding carboxylic acids is 1. The highest BCUT2D eigenvalue weighted by Crippen LogP contribution is 2.18. The Morgan fingerprint density at radius 1 is 1.10 bits per heavy atom. The zero-order valence-corrected chi connectivity index (χ0v) is 17.2. The molecule has 0 aliphatic heterocycles. The van der Waals surface area contributed by atoms with E-state index >= 15 is 0 Å².